The second-order valence-corrected chi connectivity index (χ2v) is 6.37. The first kappa shape index (κ1) is 15.1. The van der Waals surface area contributed by atoms with E-state index >= 15 is 0 Å². The van der Waals surface area contributed by atoms with E-state index in [0.29, 0.717) is 10.9 Å². The number of hydrogen-bond acceptors (Lipinski definition) is 1. The summed E-state index contributed by atoms with van der Waals surface area (Å²) < 4.78 is 0. The highest BCUT2D eigenvalue weighted by molar-refractivity contribution is 6.30. The molecule has 1 aliphatic heterocycles. The van der Waals surface area contributed by atoms with Crippen molar-refractivity contribution in [3.63, 3.8) is 0 Å². The van der Waals surface area contributed by atoms with Gasteiger partial charge in [-0.2, -0.15) is 0 Å². The quantitative estimate of drug-likeness (QED) is 0.820. The molecule has 2 aromatic carbocycles. The molecule has 0 radical (unpaired) electrons. The minimum atomic E-state index is 0.120. The number of amides is 1. The van der Waals surface area contributed by atoms with Gasteiger partial charge in [-0.25, -0.2) is 0 Å². The van der Waals surface area contributed by atoms with Gasteiger partial charge in [0.25, 0.3) is 5.91 Å². The van der Waals surface area contributed by atoms with Gasteiger partial charge in [-0.05, 0) is 55.0 Å². The Kier molecular flexibility index (Phi) is 4.79. The Morgan fingerprint density at radius 1 is 1.00 bits per heavy atom. The molecule has 1 fully saturated rings. The smallest absolute Gasteiger partial charge is 0.253 e. The van der Waals surface area contributed by atoms with Crippen LogP contribution >= 0.6 is 11.6 Å². The molecule has 0 aromatic heterocycles. The van der Waals surface area contributed by atoms with Gasteiger partial charge >= 0.3 is 0 Å². The number of nitrogens with zero attached hydrogens (tertiary/aromatic N) is 1. The molecule has 1 saturated heterocycles. The molecule has 0 atom stereocenters. The number of halogens is 1. The Bertz CT molecular complexity index is 616. The van der Waals surface area contributed by atoms with E-state index in [1.807, 2.05) is 4.90 Å². The summed E-state index contributed by atoms with van der Waals surface area (Å²) in [7, 11) is 0. The summed E-state index contributed by atoms with van der Waals surface area (Å²) in [5.41, 5.74) is 2.12. The second kappa shape index (κ2) is 6.97. The van der Waals surface area contributed by atoms with E-state index in [1.54, 1.807) is 24.3 Å². The molecule has 0 N–H and O–H groups in total. The molecule has 1 amide bonds. The lowest BCUT2D eigenvalue weighted by molar-refractivity contribution is 0.0690. The van der Waals surface area contributed by atoms with E-state index < -0.39 is 0 Å². The maximum absolute atomic E-state index is 12.5. The van der Waals surface area contributed by atoms with Crippen LogP contribution < -0.4 is 0 Å². The molecule has 1 heterocycles. The average molecular weight is 314 g/mol. The van der Waals surface area contributed by atoms with Crippen molar-refractivity contribution in [1.29, 1.82) is 0 Å². The van der Waals surface area contributed by atoms with Gasteiger partial charge < -0.3 is 4.90 Å². The number of rotatable bonds is 3. The van der Waals surface area contributed by atoms with Crippen LogP contribution in [0.25, 0.3) is 0 Å². The maximum Gasteiger partial charge on any atom is 0.253 e. The minimum absolute atomic E-state index is 0.120. The Morgan fingerprint density at radius 2 is 1.64 bits per heavy atom. The summed E-state index contributed by atoms with van der Waals surface area (Å²) in [4.78, 5) is 14.4. The summed E-state index contributed by atoms with van der Waals surface area (Å²) in [5.74, 6) is 0.798. The van der Waals surface area contributed by atoms with E-state index in [2.05, 4.69) is 30.3 Å². The van der Waals surface area contributed by atoms with Crippen molar-refractivity contribution in [2.45, 2.75) is 19.3 Å². The zero-order valence-corrected chi connectivity index (χ0v) is 13.3. The van der Waals surface area contributed by atoms with E-state index in [1.165, 1.54) is 5.56 Å². The highest BCUT2D eigenvalue weighted by Gasteiger charge is 2.23. The second-order valence-electron chi connectivity index (χ2n) is 5.93. The first-order chi connectivity index (χ1) is 10.7. The van der Waals surface area contributed by atoms with Gasteiger partial charge in [-0.1, -0.05) is 41.9 Å². The van der Waals surface area contributed by atoms with Crippen LogP contribution in [0.15, 0.2) is 54.6 Å². The fourth-order valence-electron chi connectivity index (χ4n) is 3.06. The van der Waals surface area contributed by atoms with Gasteiger partial charge in [0.1, 0.15) is 0 Å². The van der Waals surface area contributed by atoms with E-state index in [0.717, 1.165) is 37.9 Å². The lowest BCUT2D eigenvalue weighted by Crippen LogP contribution is -2.38. The topological polar surface area (TPSA) is 20.3 Å². The Morgan fingerprint density at radius 3 is 2.27 bits per heavy atom. The van der Waals surface area contributed by atoms with Gasteiger partial charge in [-0.3, -0.25) is 4.79 Å². The molecule has 3 heteroatoms. The number of benzene rings is 2. The van der Waals surface area contributed by atoms with Crippen LogP contribution in [0.5, 0.6) is 0 Å². The molecule has 1 aliphatic rings. The third-order valence-electron chi connectivity index (χ3n) is 4.36. The van der Waals surface area contributed by atoms with Crippen LogP contribution in [0.2, 0.25) is 5.02 Å². The lowest BCUT2D eigenvalue weighted by Gasteiger charge is -2.32. The molecule has 3 rings (SSSR count). The fourth-order valence-corrected chi connectivity index (χ4v) is 3.19. The van der Waals surface area contributed by atoms with Crippen molar-refractivity contribution < 1.29 is 4.79 Å². The highest BCUT2D eigenvalue weighted by atomic mass is 35.5. The predicted octanol–water partition coefficient (Wildman–Crippen LogP) is 4.43. The van der Waals surface area contributed by atoms with Crippen molar-refractivity contribution in [3.05, 3.63) is 70.7 Å². The largest absolute Gasteiger partial charge is 0.339 e. The van der Waals surface area contributed by atoms with Crippen molar-refractivity contribution in [2.24, 2.45) is 5.92 Å². The van der Waals surface area contributed by atoms with Crippen molar-refractivity contribution in [3.8, 4) is 0 Å². The molecule has 2 aromatic rings. The van der Waals surface area contributed by atoms with Crippen LogP contribution in [0.4, 0.5) is 0 Å². The molecular formula is C19H20ClNO. The van der Waals surface area contributed by atoms with E-state index in [-0.39, 0.29) is 5.91 Å². The molecule has 2 nitrogen and oxygen atoms in total. The molecule has 0 spiro atoms. The first-order valence-corrected chi connectivity index (χ1v) is 8.19. The summed E-state index contributed by atoms with van der Waals surface area (Å²) in [6.07, 6.45) is 3.27. The summed E-state index contributed by atoms with van der Waals surface area (Å²) in [6.45, 7) is 1.69. The van der Waals surface area contributed by atoms with E-state index in [9.17, 15) is 4.79 Å². The Hall–Kier alpha value is -1.80. The zero-order chi connectivity index (χ0) is 15.4. The Balaban J connectivity index is 1.55. The molecule has 22 heavy (non-hydrogen) atoms. The molecule has 0 saturated carbocycles. The summed E-state index contributed by atoms with van der Waals surface area (Å²) in [6, 6.07) is 17.8. The third kappa shape index (κ3) is 3.69. The number of piperidine rings is 1. The van der Waals surface area contributed by atoms with Gasteiger partial charge in [0, 0.05) is 23.7 Å². The standard InChI is InChI=1S/C19H20ClNO/c20-18-8-6-17(7-9-18)19(22)21-12-10-16(11-13-21)14-15-4-2-1-3-5-15/h1-9,16H,10-14H2. The van der Waals surface area contributed by atoms with Crippen molar-refractivity contribution in [1.82, 2.24) is 4.90 Å². The van der Waals surface area contributed by atoms with Crippen molar-refractivity contribution >= 4 is 17.5 Å². The van der Waals surface area contributed by atoms with Crippen LogP contribution in [0, 0.1) is 5.92 Å². The zero-order valence-electron chi connectivity index (χ0n) is 12.5. The van der Waals surface area contributed by atoms with E-state index in [4.69, 9.17) is 11.6 Å². The number of carbonyl (C=O) groups is 1. The maximum atomic E-state index is 12.5. The van der Waals surface area contributed by atoms with Gasteiger partial charge in [0.05, 0.1) is 0 Å². The highest BCUT2D eigenvalue weighted by Crippen LogP contribution is 2.23. The monoisotopic (exact) mass is 313 g/mol. The molecule has 0 unspecified atom stereocenters. The number of carbonyl (C=O) groups excluding carboxylic acids is 1. The van der Waals surface area contributed by atoms with Crippen molar-refractivity contribution in [2.75, 3.05) is 13.1 Å². The van der Waals surface area contributed by atoms with Gasteiger partial charge in [0.2, 0.25) is 0 Å². The SMILES string of the molecule is O=C(c1ccc(Cl)cc1)N1CCC(Cc2ccccc2)CC1. The lowest BCUT2D eigenvalue weighted by atomic mass is 9.90. The van der Waals surface area contributed by atoms with Gasteiger partial charge in [-0.15, -0.1) is 0 Å². The van der Waals surface area contributed by atoms with Crippen LogP contribution in [0.1, 0.15) is 28.8 Å². The first-order valence-electron chi connectivity index (χ1n) is 7.81. The molecular weight excluding hydrogens is 294 g/mol. The predicted molar refractivity (Wildman–Crippen MR) is 90.2 cm³/mol. The Labute approximate surface area is 136 Å². The molecule has 0 bridgehead atoms. The van der Waals surface area contributed by atoms with Crippen LogP contribution in [0.3, 0.4) is 0 Å². The fraction of sp³-hybridized carbons (Fsp3) is 0.316. The van der Waals surface area contributed by atoms with Crippen LogP contribution in [-0.2, 0) is 6.42 Å². The molecule has 0 aliphatic carbocycles. The number of hydrogen-bond donors (Lipinski definition) is 0. The summed E-state index contributed by atoms with van der Waals surface area (Å²) >= 11 is 5.87. The normalized spacial score (nSPS) is 15.8. The van der Waals surface area contributed by atoms with Crippen LogP contribution in [-0.4, -0.2) is 23.9 Å². The van der Waals surface area contributed by atoms with Gasteiger partial charge in [0.15, 0.2) is 0 Å². The molecule has 114 valence electrons. The number of likely N-dealkylation sites (tertiary alicyclic amines) is 1. The third-order valence-corrected chi connectivity index (χ3v) is 4.61. The minimum Gasteiger partial charge on any atom is -0.339 e. The average Bonchev–Trinajstić information content (AvgIpc) is 2.57. The summed E-state index contributed by atoms with van der Waals surface area (Å²) in [5, 5.41) is 0.665.